The van der Waals surface area contributed by atoms with Gasteiger partial charge in [0.15, 0.2) is 0 Å². The second kappa shape index (κ2) is 9.80. The van der Waals surface area contributed by atoms with Gasteiger partial charge in [-0.15, -0.1) is 0 Å². The fourth-order valence-corrected chi connectivity index (χ4v) is 3.13. The number of H-pyrrole nitrogens is 1. The summed E-state index contributed by atoms with van der Waals surface area (Å²) in [7, 11) is 0. The van der Waals surface area contributed by atoms with Gasteiger partial charge < -0.3 is 9.84 Å². The van der Waals surface area contributed by atoms with Crippen LogP contribution in [0.25, 0.3) is 11.3 Å². The van der Waals surface area contributed by atoms with E-state index in [-0.39, 0.29) is 11.4 Å². The van der Waals surface area contributed by atoms with E-state index in [2.05, 4.69) is 20.7 Å². The molecule has 0 aliphatic heterocycles. The van der Waals surface area contributed by atoms with Crippen molar-refractivity contribution in [3.63, 3.8) is 0 Å². The largest absolute Gasteiger partial charge is 0.508 e. The van der Waals surface area contributed by atoms with Gasteiger partial charge >= 0.3 is 0 Å². The quantitative estimate of drug-likeness (QED) is 0.281. The second-order valence-corrected chi connectivity index (χ2v) is 7.24. The molecule has 1 amide bonds. The number of ether oxygens (including phenoxy) is 1. The molecule has 3 aromatic carbocycles. The number of hydrazone groups is 1. The maximum absolute atomic E-state index is 12.4. The molecule has 7 nitrogen and oxygen atoms in total. The van der Waals surface area contributed by atoms with Crippen LogP contribution in [0.5, 0.6) is 11.5 Å². The lowest BCUT2D eigenvalue weighted by Crippen LogP contribution is -2.17. The maximum atomic E-state index is 12.4. The van der Waals surface area contributed by atoms with Crippen LogP contribution in [0.1, 0.15) is 21.6 Å². The van der Waals surface area contributed by atoms with E-state index in [4.69, 9.17) is 16.3 Å². The number of para-hydroxylation sites is 1. The Morgan fingerprint density at radius 1 is 1.09 bits per heavy atom. The van der Waals surface area contributed by atoms with Crippen molar-refractivity contribution in [2.75, 3.05) is 0 Å². The topological polar surface area (TPSA) is 99.6 Å². The number of amides is 1. The molecule has 0 saturated heterocycles. The van der Waals surface area contributed by atoms with Crippen LogP contribution in [0.15, 0.2) is 84.0 Å². The van der Waals surface area contributed by atoms with Crippen LogP contribution in [-0.2, 0) is 6.61 Å². The van der Waals surface area contributed by atoms with E-state index in [0.29, 0.717) is 23.1 Å². The van der Waals surface area contributed by atoms with Gasteiger partial charge in [0.05, 0.1) is 11.9 Å². The minimum absolute atomic E-state index is 0.160. The molecule has 0 aliphatic rings. The SMILES string of the molecule is O=C(N/N=C\c1ccc(O)cc1)c1cc(-c2ccccc2OCc2ccccc2Cl)n[nH]1. The molecule has 1 aromatic heterocycles. The monoisotopic (exact) mass is 446 g/mol. The average molecular weight is 447 g/mol. The van der Waals surface area contributed by atoms with E-state index >= 15 is 0 Å². The lowest BCUT2D eigenvalue weighted by molar-refractivity contribution is 0.0950. The summed E-state index contributed by atoms with van der Waals surface area (Å²) in [5.41, 5.74) is 5.61. The van der Waals surface area contributed by atoms with Crippen LogP contribution < -0.4 is 10.2 Å². The number of hydrogen-bond donors (Lipinski definition) is 3. The van der Waals surface area contributed by atoms with Crippen LogP contribution in [0.4, 0.5) is 0 Å². The number of aromatic hydroxyl groups is 1. The van der Waals surface area contributed by atoms with E-state index in [1.165, 1.54) is 18.3 Å². The standard InChI is InChI=1S/C24H19ClN4O3/c25-20-7-3-1-5-17(20)15-32-23-8-4-2-6-19(23)21-13-22(28-27-21)24(31)29-26-14-16-9-11-18(30)12-10-16/h1-14,30H,15H2,(H,27,28)(H,29,31)/b26-14-. The molecule has 4 aromatic rings. The van der Waals surface area contributed by atoms with Crippen molar-refractivity contribution in [2.45, 2.75) is 6.61 Å². The summed E-state index contributed by atoms with van der Waals surface area (Å²) >= 11 is 6.21. The Balaban J connectivity index is 1.44. The molecule has 0 fully saturated rings. The molecule has 0 unspecified atom stereocenters. The average Bonchev–Trinajstić information content (AvgIpc) is 3.30. The van der Waals surface area contributed by atoms with E-state index in [0.717, 1.165) is 16.7 Å². The first-order valence-corrected chi connectivity index (χ1v) is 10.1. The Morgan fingerprint density at radius 2 is 1.84 bits per heavy atom. The summed E-state index contributed by atoms with van der Waals surface area (Å²) in [6.45, 7) is 0.306. The van der Waals surface area contributed by atoms with Gasteiger partial charge in [-0.1, -0.05) is 41.9 Å². The number of nitrogens with one attached hydrogen (secondary N) is 2. The Labute approximate surface area is 189 Å². The van der Waals surface area contributed by atoms with E-state index in [9.17, 15) is 9.90 Å². The van der Waals surface area contributed by atoms with Gasteiger partial charge in [0.2, 0.25) is 0 Å². The predicted molar refractivity (Wildman–Crippen MR) is 123 cm³/mol. The molecule has 0 bridgehead atoms. The summed E-state index contributed by atoms with van der Waals surface area (Å²) in [5.74, 6) is 0.344. The molecule has 160 valence electrons. The van der Waals surface area contributed by atoms with Crippen LogP contribution in [0, 0.1) is 0 Å². The molecule has 0 spiro atoms. The number of phenolic OH excluding ortho intramolecular Hbond substituents is 1. The second-order valence-electron chi connectivity index (χ2n) is 6.83. The number of aromatic nitrogens is 2. The summed E-state index contributed by atoms with van der Waals surface area (Å²) in [6, 6.07) is 23.0. The van der Waals surface area contributed by atoms with Crippen LogP contribution in [0.2, 0.25) is 5.02 Å². The number of rotatable bonds is 7. The number of hydrogen-bond acceptors (Lipinski definition) is 5. The minimum Gasteiger partial charge on any atom is -0.508 e. The van der Waals surface area contributed by atoms with Crippen molar-refractivity contribution in [1.82, 2.24) is 15.6 Å². The molecule has 4 rings (SSSR count). The first-order chi connectivity index (χ1) is 15.6. The van der Waals surface area contributed by atoms with Crippen LogP contribution in [0.3, 0.4) is 0 Å². The van der Waals surface area contributed by atoms with E-state index in [1.54, 1.807) is 18.2 Å². The number of benzene rings is 3. The number of aromatic amines is 1. The van der Waals surface area contributed by atoms with Crippen molar-refractivity contribution in [3.05, 3.63) is 101 Å². The highest BCUT2D eigenvalue weighted by atomic mass is 35.5. The fraction of sp³-hybridized carbons (Fsp3) is 0.0417. The molecular formula is C24H19ClN4O3. The zero-order valence-electron chi connectivity index (χ0n) is 16.8. The maximum Gasteiger partial charge on any atom is 0.289 e. The lowest BCUT2D eigenvalue weighted by atomic mass is 10.1. The summed E-state index contributed by atoms with van der Waals surface area (Å²) < 4.78 is 5.97. The molecule has 8 heteroatoms. The Morgan fingerprint density at radius 3 is 2.66 bits per heavy atom. The van der Waals surface area contributed by atoms with Gasteiger partial charge in [-0.25, -0.2) is 5.43 Å². The van der Waals surface area contributed by atoms with Gasteiger partial charge in [-0.2, -0.15) is 10.2 Å². The first-order valence-electron chi connectivity index (χ1n) is 9.73. The molecule has 0 atom stereocenters. The van der Waals surface area contributed by atoms with Gasteiger partial charge in [0, 0.05) is 16.1 Å². The molecule has 0 radical (unpaired) electrons. The highest BCUT2D eigenvalue weighted by Crippen LogP contribution is 2.30. The molecule has 32 heavy (non-hydrogen) atoms. The van der Waals surface area contributed by atoms with Gasteiger partial charge in [0.25, 0.3) is 5.91 Å². The Hall–Kier alpha value is -4.10. The minimum atomic E-state index is -0.437. The van der Waals surface area contributed by atoms with E-state index in [1.807, 2.05) is 48.5 Å². The number of phenols is 1. The molecule has 0 saturated carbocycles. The highest BCUT2D eigenvalue weighted by molar-refractivity contribution is 6.31. The fourth-order valence-electron chi connectivity index (χ4n) is 2.94. The van der Waals surface area contributed by atoms with Gasteiger partial charge in [-0.05, 0) is 54.1 Å². The highest BCUT2D eigenvalue weighted by Gasteiger charge is 2.14. The van der Waals surface area contributed by atoms with Gasteiger partial charge in [0.1, 0.15) is 23.8 Å². The normalized spacial score (nSPS) is 10.9. The zero-order chi connectivity index (χ0) is 22.3. The van der Waals surface area contributed by atoms with Crippen molar-refractivity contribution in [2.24, 2.45) is 5.10 Å². The molecule has 0 aliphatic carbocycles. The first kappa shape index (κ1) is 21.1. The smallest absolute Gasteiger partial charge is 0.289 e. The summed E-state index contributed by atoms with van der Waals surface area (Å²) in [6.07, 6.45) is 1.48. The third-order valence-corrected chi connectivity index (χ3v) is 4.97. The van der Waals surface area contributed by atoms with Crippen molar-refractivity contribution < 1.29 is 14.6 Å². The molecule has 3 N–H and O–H groups in total. The Kier molecular flexibility index (Phi) is 6.48. The van der Waals surface area contributed by atoms with Crippen LogP contribution >= 0.6 is 11.6 Å². The van der Waals surface area contributed by atoms with Gasteiger partial charge in [-0.3, -0.25) is 9.89 Å². The lowest BCUT2D eigenvalue weighted by Gasteiger charge is -2.11. The Bertz CT molecular complexity index is 1250. The third kappa shape index (κ3) is 5.14. The molecule has 1 heterocycles. The van der Waals surface area contributed by atoms with Crippen molar-refractivity contribution >= 4 is 23.7 Å². The zero-order valence-corrected chi connectivity index (χ0v) is 17.6. The van der Waals surface area contributed by atoms with Crippen molar-refractivity contribution in [3.8, 4) is 22.8 Å². The predicted octanol–water partition coefficient (Wildman–Crippen LogP) is 4.78. The summed E-state index contributed by atoms with van der Waals surface area (Å²) in [4.78, 5) is 12.4. The number of carbonyl (C=O) groups excluding carboxylic acids is 1. The third-order valence-electron chi connectivity index (χ3n) is 4.60. The number of carbonyl (C=O) groups is 1. The number of halogens is 1. The van der Waals surface area contributed by atoms with Crippen LogP contribution in [-0.4, -0.2) is 27.4 Å². The molecular weight excluding hydrogens is 428 g/mol. The number of nitrogens with zero attached hydrogens (tertiary/aromatic N) is 2. The van der Waals surface area contributed by atoms with Crippen molar-refractivity contribution in [1.29, 1.82) is 0 Å². The summed E-state index contributed by atoms with van der Waals surface area (Å²) in [5, 5.41) is 20.8. The van der Waals surface area contributed by atoms with E-state index < -0.39 is 5.91 Å².